The molecule has 2 aromatic rings. The largest absolute Gasteiger partial charge is 0.412 e. The van der Waals surface area contributed by atoms with Crippen molar-refractivity contribution in [3.8, 4) is 5.69 Å². The van der Waals surface area contributed by atoms with E-state index in [1.165, 1.54) is 0 Å². The Kier molecular flexibility index (Phi) is 5.60. The van der Waals surface area contributed by atoms with E-state index in [9.17, 15) is 0 Å². The van der Waals surface area contributed by atoms with Gasteiger partial charge in [-0.1, -0.05) is 39.0 Å². The molecule has 1 heterocycles. The summed E-state index contributed by atoms with van der Waals surface area (Å²) in [7, 11) is -1.88. The molecule has 0 aliphatic rings. The van der Waals surface area contributed by atoms with Crippen LogP contribution >= 0.6 is 11.6 Å². The first-order chi connectivity index (χ1) is 10.7. The summed E-state index contributed by atoms with van der Waals surface area (Å²) in [5.41, 5.74) is 0.938. The van der Waals surface area contributed by atoms with E-state index in [2.05, 4.69) is 49.4 Å². The summed E-state index contributed by atoms with van der Waals surface area (Å²) in [6.07, 6.45) is 0.503. The lowest BCUT2D eigenvalue weighted by Crippen LogP contribution is -2.45. The van der Waals surface area contributed by atoms with Crippen LogP contribution in [0.2, 0.25) is 18.1 Å². The van der Waals surface area contributed by atoms with E-state index >= 15 is 0 Å². The highest BCUT2D eigenvalue weighted by molar-refractivity contribution is 6.74. The predicted molar refractivity (Wildman–Crippen MR) is 95.6 cm³/mol. The SMILES string of the molecule is CC(C)(C)[Si](C)(C)OC(CCl)Cc1nnnn1-c1ccccc1. The summed E-state index contributed by atoms with van der Waals surface area (Å²) in [6, 6.07) is 9.85. The van der Waals surface area contributed by atoms with Crippen molar-refractivity contribution in [1.29, 1.82) is 0 Å². The molecule has 0 fully saturated rings. The van der Waals surface area contributed by atoms with Crippen molar-refractivity contribution in [3.05, 3.63) is 36.2 Å². The summed E-state index contributed by atoms with van der Waals surface area (Å²) in [5.74, 6) is 1.19. The van der Waals surface area contributed by atoms with Crippen LogP contribution in [0.1, 0.15) is 26.6 Å². The minimum absolute atomic E-state index is 0.0916. The highest BCUT2D eigenvalue weighted by Gasteiger charge is 2.39. The van der Waals surface area contributed by atoms with E-state index in [4.69, 9.17) is 16.0 Å². The molecule has 0 amide bonds. The first kappa shape index (κ1) is 18.1. The van der Waals surface area contributed by atoms with E-state index in [1.807, 2.05) is 30.3 Å². The zero-order valence-electron chi connectivity index (χ0n) is 14.5. The minimum atomic E-state index is -1.88. The fraction of sp³-hybridized carbons (Fsp3) is 0.562. The van der Waals surface area contributed by atoms with Gasteiger partial charge in [-0.25, -0.2) is 0 Å². The predicted octanol–water partition coefficient (Wildman–Crippen LogP) is 3.83. The van der Waals surface area contributed by atoms with Crippen molar-refractivity contribution in [2.24, 2.45) is 0 Å². The third-order valence-electron chi connectivity index (χ3n) is 4.38. The molecule has 0 bridgehead atoms. The molecule has 0 saturated carbocycles. The summed E-state index contributed by atoms with van der Waals surface area (Å²) in [5, 5.41) is 12.2. The lowest BCUT2D eigenvalue weighted by Gasteiger charge is -2.38. The Morgan fingerprint density at radius 1 is 1.22 bits per heavy atom. The third-order valence-corrected chi connectivity index (χ3v) is 9.26. The third kappa shape index (κ3) is 4.40. The van der Waals surface area contributed by atoms with Gasteiger partial charge in [0, 0.05) is 12.3 Å². The van der Waals surface area contributed by atoms with Crippen LogP contribution in [0.5, 0.6) is 0 Å². The van der Waals surface area contributed by atoms with Crippen LogP contribution in [0, 0.1) is 0 Å². The quantitative estimate of drug-likeness (QED) is 0.585. The molecule has 0 radical (unpaired) electrons. The van der Waals surface area contributed by atoms with Crippen molar-refractivity contribution in [1.82, 2.24) is 20.2 Å². The lowest BCUT2D eigenvalue weighted by atomic mass is 10.2. The fourth-order valence-corrected chi connectivity index (χ4v) is 3.66. The topological polar surface area (TPSA) is 52.8 Å². The van der Waals surface area contributed by atoms with Crippen molar-refractivity contribution in [2.75, 3.05) is 5.88 Å². The molecule has 0 spiro atoms. The van der Waals surface area contributed by atoms with Gasteiger partial charge in [-0.3, -0.25) is 0 Å². The molecule has 23 heavy (non-hydrogen) atoms. The highest BCUT2D eigenvalue weighted by Crippen LogP contribution is 2.37. The Morgan fingerprint density at radius 3 is 2.43 bits per heavy atom. The average Bonchev–Trinajstić information content (AvgIpc) is 2.94. The highest BCUT2D eigenvalue weighted by atomic mass is 35.5. The van der Waals surface area contributed by atoms with Crippen LogP contribution in [0.25, 0.3) is 5.69 Å². The maximum absolute atomic E-state index is 6.41. The van der Waals surface area contributed by atoms with E-state index in [-0.39, 0.29) is 11.1 Å². The summed E-state index contributed by atoms with van der Waals surface area (Å²) in [4.78, 5) is 0. The molecule has 1 aromatic heterocycles. The van der Waals surface area contributed by atoms with Crippen LogP contribution in [0.3, 0.4) is 0 Å². The van der Waals surface area contributed by atoms with Crippen LogP contribution in [-0.2, 0) is 10.8 Å². The molecule has 1 aromatic carbocycles. The first-order valence-electron chi connectivity index (χ1n) is 7.81. The lowest BCUT2D eigenvalue weighted by molar-refractivity contribution is 0.199. The van der Waals surface area contributed by atoms with E-state index in [0.29, 0.717) is 12.3 Å². The molecule has 126 valence electrons. The summed E-state index contributed by atoms with van der Waals surface area (Å²) < 4.78 is 8.16. The summed E-state index contributed by atoms with van der Waals surface area (Å²) in [6.45, 7) is 11.1. The number of aromatic nitrogens is 4. The molecule has 0 aliphatic carbocycles. The molecule has 0 aliphatic heterocycles. The molecule has 1 unspecified atom stereocenters. The fourth-order valence-electron chi connectivity index (χ4n) is 2.03. The number of nitrogens with zero attached hydrogens (tertiary/aromatic N) is 4. The summed E-state index contributed by atoms with van der Waals surface area (Å²) >= 11 is 6.16. The molecule has 0 saturated heterocycles. The Bertz CT molecular complexity index is 625. The smallest absolute Gasteiger partial charge is 0.192 e. The maximum atomic E-state index is 6.41. The molecule has 5 nitrogen and oxygen atoms in total. The Hall–Kier alpha value is -1.24. The van der Waals surface area contributed by atoms with Gasteiger partial charge in [-0.15, -0.1) is 16.7 Å². The van der Waals surface area contributed by atoms with E-state index in [0.717, 1.165) is 11.5 Å². The molecular formula is C16H25ClN4OSi. The van der Waals surface area contributed by atoms with Gasteiger partial charge in [0.25, 0.3) is 0 Å². The van der Waals surface area contributed by atoms with E-state index in [1.54, 1.807) is 4.68 Å². The van der Waals surface area contributed by atoms with Gasteiger partial charge in [0.1, 0.15) is 0 Å². The van der Waals surface area contributed by atoms with Gasteiger partial charge in [-0.2, -0.15) is 4.68 Å². The Balaban J connectivity index is 2.17. The second-order valence-electron chi connectivity index (χ2n) is 7.20. The second-order valence-corrected chi connectivity index (χ2v) is 12.3. The average molecular weight is 353 g/mol. The zero-order valence-corrected chi connectivity index (χ0v) is 16.2. The van der Waals surface area contributed by atoms with Gasteiger partial charge in [0.15, 0.2) is 14.1 Å². The van der Waals surface area contributed by atoms with Gasteiger partial charge in [-0.05, 0) is 40.7 Å². The monoisotopic (exact) mass is 352 g/mol. The molecule has 0 N–H and O–H groups in total. The standard InChI is InChI=1S/C16H25ClN4OSi/c1-16(2,3)23(4,5)22-14(12-17)11-15-18-19-20-21(15)13-9-7-6-8-10-13/h6-10,14H,11-12H2,1-5H3. The number of benzene rings is 1. The molecule has 1 atom stereocenters. The number of hydrogen-bond donors (Lipinski definition) is 0. The first-order valence-corrected chi connectivity index (χ1v) is 11.3. The molecule has 2 rings (SSSR count). The maximum Gasteiger partial charge on any atom is 0.192 e. The van der Waals surface area contributed by atoms with Gasteiger partial charge in [0.2, 0.25) is 0 Å². The van der Waals surface area contributed by atoms with Gasteiger partial charge in [0.05, 0.1) is 11.8 Å². The number of halogens is 1. The van der Waals surface area contributed by atoms with Gasteiger partial charge >= 0.3 is 0 Å². The molecule has 7 heteroatoms. The number of alkyl halides is 1. The Labute approximate surface area is 144 Å². The van der Waals surface area contributed by atoms with Crippen molar-refractivity contribution in [3.63, 3.8) is 0 Å². The minimum Gasteiger partial charge on any atom is -0.412 e. The number of hydrogen-bond acceptors (Lipinski definition) is 4. The van der Waals surface area contributed by atoms with Crippen LogP contribution < -0.4 is 0 Å². The van der Waals surface area contributed by atoms with Crippen molar-refractivity contribution < 1.29 is 4.43 Å². The van der Waals surface area contributed by atoms with Crippen molar-refractivity contribution in [2.45, 2.75) is 51.4 Å². The Morgan fingerprint density at radius 2 is 1.87 bits per heavy atom. The number of para-hydroxylation sites is 1. The van der Waals surface area contributed by atoms with Crippen molar-refractivity contribution >= 4 is 19.9 Å². The van der Waals surface area contributed by atoms with Crippen LogP contribution in [0.4, 0.5) is 0 Å². The normalized spacial score (nSPS) is 14.0. The zero-order chi connectivity index (χ0) is 17.1. The second kappa shape index (κ2) is 7.11. The number of tetrazole rings is 1. The van der Waals surface area contributed by atoms with Gasteiger partial charge < -0.3 is 4.43 Å². The van der Waals surface area contributed by atoms with Crippen LogP contribution in [0.15, 0.2) is 30.3 Å². The van der Waals surface area contributed by atoms with Crippen LogP contribution in [-0.4, -0.2) is 40.5 Å². The molecular weight excluding hydrogens is 328 g/mol. The van der Waals surface area contributed by atoms with E-state index < -0.39 is 8.32 Å². The number of rotatable bonds is 6.